The number of anilines is 1. The van der Waals surface area contributed by atoms with Gasteiger partial charge in [0.25, 0.3) is 0 Å². The third-order valence-corrected chi connectivity index (χ3v) is 5.33. The van der Waals surface area contributed by atoms with Crippen LogP contribution in [-0.4, -0.2) is 73.8 Å². The Bertz CT molecular complexity index is 1080. The second-order valence-corrected chi connectivity index (χ2v) is 8.50. The molecule has 2 aromatic rings. The van der Waals surface area contributed by atoms with E-state index in [0.717, 1.165) is 18.2 Å². The highest BCUT2D eigenvalue weighted by Gasteiger charge is 2.31. The van der Waals surface area contributed by atoms with Crippen molar-refractivity contribution in [3.63, 3.8) is 0 Å². The maximum atomic E-state index is 13.0. The van der Waals surface area contributed by atoms with E-state index in [1.54, 1.807) is 31.2 Å². The Morgan fingerprint density at radius 1 is 1.00 bits per heavy atom. The van der Waals surface area contributed by atoms with E-state index >= 15 is 0 Å². The van der Waals surface area contributed by atoms with Crippen LogP contribution in [0.5, 0.6) is 5.75 Å². The minimum atomic E-state index is -4.61. The number of aliphatic carboxylic acids is 1. The molecule has 40 heavy (non-hydrogen) atoms. The molecule has 0 aliphatic heterocycles. The fraction of sp³-hybridized carbons (Fsp3) is 0.462. The van der Waals surface area contributed by atoms with Crippen molar-refractivity contribution in [1.82, 2.24) is 4.90 Å². The van der Waals surface area contributed by atoms with Gasteiger partial charge in [-0.3, -0.25) is 0 Å². The fourth-order valence-corrected chi connectivity index (χ4v) is 3.46. The van der Waals surface area contributed by atoms with Crippen LogP contribution in [0, 0.1) is 0 Å². The first-order chi connectivity index (χ1) is 18.8. The summed E-state index contributed by atoms with van der Waals surface area (Å²) in [6, 6.07) is 9.75. The summed E-state index contributed by atoms with van der Waals surface area (Å²) >= 11 is 0. The summed E-state index contributed by atoms with van der Waals surface area (Å²) in [4.78, 5) is 25.2. The highest BCUT2D eigenvalue weighted by atomic mass is 19.4. The van der Waals surface area contributed by atoms with Crippen LogP contribution >= 0.6 is 0 Å². The summed E-state index contributed by atoms with van der Waals surface area (Å²) in [6.07, 6.45) is -9.94. The van der Waals surface area contributed by atoms with Gasteiger partial charge in [-0.1, -0.05) is 18.2 Å². The number of hydrogen-bond donors (Lipinski definition) is 2. The van der Waals surface area contributed by atoms with Crippen molar-refractivity contribution in [1.29, 1.82) is 0 Å². The predicted molar refractivity (Wildman–Crippen MR) is 132 cm³/mol. The van der Waals surface area contributed by atoms with Gasteiger partial charge in [-0.2, -0.15) is 26.3 Å². The van der Waals surface area contributed by atoms with Crippen LogP contribution in [0.3, 0.4) is 0 Å². The van der Waals surface area contributed by atoms with Gasteiger partial charge in [-0.05, 0) is 49.2 Å². The summed E-state index contributed by atoms with van der Waals surface area (Å²) < 4.78 is 91.2. The Kier molecular flexibility index (Phi) is 12.5. The molecule has 0 aliphatic rings. The van der Waals surface area contributed by atoms with Crippen molar-refractivity contribution in [2.75, 3.05) is 44.8 Å². The highest BCUT2D eigenvalue weighted by molar-refractivity contribution is 5.89. The molecule has 14 heteroatoms. The van der Waals surface area contributed by atoms with E-state index in [1.807, 2.05) is 0 Å². The van der Waals surface area contributed by atoms with Gasteiger partial charge >= 0.3 is 24.4 Å². The fourth-order valence-electron chi connectivity index (χ4n) is 3.46. The van der Waals surface area contributed by atoms with Gasteiger partial charge in [-0.25, -0.2) is 9.59 Å². The molecule has 2 N–H and O–H groups in total. The Labute approximate surface area is 226 Å². The predicted octanol–water partition coefficient (Wildman–Crippen LogP) is 5.62. The van der Waals surface area contributed by atoms with E-state index in [1.165, 1.54) is 11.0 Å². The number of carboxylic acid groups (broad SMARTS) is 1. The largest absolute Gasteiger partial charge is 0.492 e. The zero-order chi connectivity index (χ0) is 29.8. The van der Waals surface area contributed by atoms with Crippen LogP contribution in [0.2, 0.25) is 0 Å². The Morgan fingerprint density at radius 2 is 1.70 bits per heavy atom. The van der Waals surface area contributed by atoms with E-state index in [4.69, 9.17) is 9.47 Å². The molecule has 0 radical (unpaired) electrons. The third-order valence-electron chi connectivity index (χ3n) is 5.33. The summed E-state index contributed by atoms with van der Waals surface area (Å²) in [5.41, 5.74) is -0.379. The van der Waals surface area contributed by atoms with Crippen molar-refractivity contribution in [3.8, 4) is 5.75 Å². The third kappa shape index (κ3) is 12.1. The van der Waals surface area contributed by atoms with Crippen LogP contribution in [0.25, 0.3) is 0 Å². The van der Waals surface area contributed by atoms with E-state index in [2.05, 4.69) is 10.1 Å². The first kappa shape index (κ1) is 32.7. The topological polar surface area (TPSA) is 97.3 Å². The number of carbonyl (C=O) groups is 2. The lowest BCUT2D eigenvalue weighted by Crippen LogP contribution is -2.39. The van der Waals surface area contributed by atoms with Crippen LogP contribution in [-0.2, 0) is 26.9 Å². The molecule has 2 rings (SSSR count). The molecule has 0 saturated heterocycles. The van der Waals surface area contributed by atoms with Crippen molar-refractivity contribution < 1.29 is 55.2 Å². The molecule has 1 atom stereocenters. The van der Waals surface area contributed by atoms with Gasteiger partial charge < -0.3 is 29.5 Å². The molecule has 8 nitrogen and oxygen atoms in total. The lowest BCUT2D eigenvalue weighted by atomic mass is 10.1. The van der Waals surface area contributed by atoms with Crippen LogP contribution in [0.15, 0.2) is 48.5 Å². The Hall–Kier alpha value is -3.52. The van der Waals surface area contributed by atoms with Crippen molar-refractivity contribution >= 4 is 17.7 Å². The summed E-state index contributed by atoms with van der Waals surface area (Å²) in [5.74, 6) is -0.687. The van der Waals surface area contributed by atoms with Crippen molar-refractivity contribution in [2.24, 2.45) is 0 Å². The lowest BCUT2D eigenvalue weighted by Gasteiger charge is -2.23. The number of nitrogens with one attached hydrogen (secondary N) is 1. The smallest absolute Gasteiger partial charge is 0.416 e. The molecule has 1 unspecified atom stereocenters. The van der Waals surface area contributed by atoms with E-state index < -0.39 is 42.6 Å². The molecular weight excluding hydrogens is 550 g/mol. The number of alkyl halides is 6. The normalized spacial score (nSPS) is 12.6. The second-order valence-electron chi connectivity index (χ2n) is 8.50. The maximum Gasteiger partial charge on any atom is 0.416 e. The average Bonchev–Trinajstić information content (AvgIpc) is 2.87. The van der Waals surface area contributed by atoms with Gasteiger partial charge in [-0.15, -0.1) is 0 Å². The quantitative estimate of drug-likeness (QED) is 0.210. The highest BCUT2D eigenvalue weighted by Crippen LogP contribution is 2.30. The number of halogens is 6. The summed E-state index contributed by atoms with van der Waals surface area (Å²) in [5, 5.41) is 11.6. The molecule has 2 amide bonds. The molecule has 0 spiro atoms. The minimum absolute atomic E-state index is 0.0331. The van der Waals surface area contributed by atoms with Crippen LogP contribution in [0.1, 0.15) is 24.5 Å². The molecular formula is C26H30F6N2O6. The lowest BCUT2D eigenvalue weighted by molar-refractivity contribution is -0.174. The first-order valence-corrected chi connectivity index (χ1v) is 12.2. The van der Waals surface area contributed by atoms with E-state index in [-0.39, 0.29) is 51.4 Å². The molecule has 0 bridgehead atoms. The van der Waals surface area contributed by atoms with Crippen molar-refractivity contribution in [3.05, 3.63) is 59.7 Å². The molecule has 0 aliphatic carbocycles. The van der Waals surface area contributed by atoms with Crippen LogP contribution < -0.4 is 10.1 Å². The van der Waals surface area contributed by atoms with Gasteiger partial charge in [0.1, 0.15) is 19.0 Å². The number of ether oxygens (including phenoxy) is 3. The monoisotopic (exact) mass is 580 g/mol. The number of hydrogen-bond acceptors (Lipinski definition) is 5. The summed E-state index contributed by atoms with van der Waals surface area (Å²) in [6.45, 7) is 0.0380. The maximum absolute atomic E-state index is 13.0. The van der Waals surface area contributed by atoms with Gasteiger partial charge in [0.05, 0.1) is 12.1 Å². The van der Waals surface area contributed by atoms with Gasteiger partial charge in [0.2, 0.25) is 0 Å². The second kappa shape index (κ2) is 15.3. The first-order valence-electron chi connectivity index (χ1n) is 12.2. The molecule has 222 valence electrons. The zero-order valence-electron chi connectivity index (χ0n) is 21.6. The van der Waals surface area contributed by atoms with Crippen LogP contribution in [0.4, 0.5) is 36.8 Å². The SMILES string of the molecule is CCOC(Cc1ccc(OCCN(CCCOCC(F)(F)F)C(=O)Nc2cccc(C(F)(F)F)c2)cc1)C(=O)O. The number of amides is 2. The Morgan fingerprint density at radius 3 is 2.30 bits per heavy atom. The molecule has 0 fully saturated rings. The zero-order valence-corrected chi connectivity index (χ0v) is 21.6. The molecule has 0 aromatic heterocycles. The van der Waals surface area contributed by atoms with Crippen molar-refractivity contribution in [2.45, 2.75) is 38.2 Å². The molecule has 2 aromatic carbocycles. The number of carboxylic acids is 1. The van der Waals surface area contributed by atoms with E-state index in [9.17, 15) is 41.0 Å². The Balaban J connectivity index is 1.98. The van der Waals surface area contributed by atoms with E-state index in [0.29, 0.717) is 11.3 Å². The number of benzene rings is 2. The average molecular weight is 581 g/mol. The molecule has 0 saturated carbocycles. The summed E-state index contributed by atoms with van der Waals surface area (Å²) in [7, 11) is 0. The molecule has 0 heterocycles. The number of carbonyl (C=O) groups excluding carboxylic acids is 1. The standard InChI is InChI=1S/C26H30F6N2O6/c1-2-39-22(23(35)36)15-18-7-9-21(10-8-18)40-14-12-34(11-4-13-38-17-25(27,28)29)24(37)33-20-6-3-5-19(16-20)26(30,31)32/h3,5-10,16,22H,2,4,11-15,17H2,1H3,(H,33,37)(H,35,36). The van der Waals surface area contributed by atoms with Gasteiger partial charge in [0, 0.05) is 31.9 Å². The number of nitrogens with zero attached hydrogens (tertiary/aromatic N) is 1. The van der Waals surface area contributed by atoms with Gasteiger partial charge in [0.15, 0.2) is 6.10 Å². The number of rotatable bonds is 15. The minimum Gasteiger partial charge on any atom is -0.492 e. The number of urea groups is 1.